The zero-order valence-corrected chi connectivity index (χ0v) is 13.9. The van der Waals surface area contributed by atoms with Crippen LogP contribution in [0.4, 0.5) is 0 Å². The van der Waals surface area contributed by atoms with Gasteiger partial charge in [-0.3, -0.25) is 4.79 Å². The second-order valence-electron chi connectivity index (χ2n) is 6.19. The Morgan fingerprint density at radius 1 is 1.21 bits per heavy atom. The summed E-state index contributed by atoms with van der Waals surface area (Å²) < 4.78 is 5.62. The van der Waals surface area contributed by atoms with Crippen LogP contribution in [0.1, 0.15) is 35.6 Å². The van der Waals surface area contributed by atoms with Gasteiger partial charge in [0.25, 0.3) is 5.91 Å². The van der Waals surface area contributed by atoms with Gasteiger partial charge in [0.05, 0.1) is 12.6 Å². The molecule has 0 spiro atoms. The Hall–Kier alpha value is -2.33. The van der Waals surface area contributed by atoms with E-state index in [1.54, 1.807) is 24.3 Å². The van der Waals surface area contributed by atoms with Gasteiger partial charge in [0, 0.05) is 6.54 Å². The Morgan fingerprint density at radius 3 is 2.67 bits per heavy atom. The lowest BCUT2D eigenvalue weighted by Crippen LogP contribution is -2.34. The summed E-state index contributed by atoms with van der Waals surface area (Å²) in [7, 11) is 0. The molecule has 1 saturated heterocycles. The molecule has 24 heavy (non-hydrogen) atoms. The highest BCUT2D eigenvalue weighted by Gasteiger charge is 2.30. The summed E-state index contributed by atoms with van der Waals surface area (Å²) in [5.74, 6) is 0.666. The first-order valence-electron chi connectivity index (χ1n) is 8.36. The van der Waals surface area contributed by atoms with Crippen molar-refractivity contribution in [2.75, 3.05) is 13.2 Å². The van der Waals surface area contributed by atoms with Gasteiger partial charge in [-0.2, -0.15) is 0 Å². The Bertz CT molecular complexity index is 696. The highest BCUT2D eigenvalue weighted by atomic mass is 16.5. The van der Waals surface area contributed by atoms with Crippen molar-refractivity contribution in [2.45, 2.75) is 32.4 Å². The minimum atomic E-state index is 0.00505. The standard InChI is InChI=1S/C20H23NO3/c1-15-5-2-3-6-18(15)19-7-4-12-21(19)20(23)14-24-17-10-8-16(13-22)9-11-17/h2-3,5-6,8-11,19,22H,4,7,12-14H2,1H3/t19-/m0/s1. The van der Waals surface area contributed by atoms with Crippen molar-refractivity contribution in [2.24, 2.45) is 0 Å². The lowest BCUT2D eigenvalue weighted by Gasteiger charge is -2.26. The smallest absolute Gasteiger partial charge is 0.261 e. The molecule has 4 heteroatoms. The highest BCUT2D eigenvalue weighted by Crippen LogP contribution is 2.33. The number of ether oxygens (including phenoxy) is 1. The van der Waals surface area contributed by atoms with Crippen LogP contribution in [0.25, 0.3) is 0 Å². The minimum Gasteiger partial charge on any atom is -0.484 e. The Morgan fingerprint density at radius 2 is 1.96 bits per heavy atom. The van der Waals surface area contributed by atoms with Crippen LogP contribution in [0, 0.1) is 6.92 Å². The van der Waals surface area contributed by atoms with Crippen LogP contribution >= 0.6 is 0 Å². The number of rotatable bonds is 5. The molecular formula is C20H23NO3. The van der Waals surface area contributed by atoms with Crippen molar-refractivity contribution in [3.8, 4) is 5.75 Å². The third-order valence-corrected chi connectivity index (χ3v) is 4.59. The summed E-state index contributed by atoms with van der Waals surface area (Å²) in [5.41, 5.74) is 3.28. The molecule has 0 aromatic heterocycles. The molecule has 126 valence electrons. The lowest BCUT2D eigenvalue weighted by atomic mass is 9.99. The van der Waals surface area contributed by atoms with E-state index in [0.29, 0.717) is 5.75 Å². The molecule has 1 heterocycles. The van der Waals surface area contributed by atoms with E-state index in [1.165, 1.54) is 11.1 Å². The molecule has 4 nitrogen and oxygen atoms in total. The van der Waals surface area contributed by atoms with E-state index in [0.717, 1.165) is 24.9 Å². The van der Waals surface area contributed by atoms with E-state index in [2.05, 4.69) is 19.1 Å². The third kappa shape index (κ3) is 3.60. The maximum atomic E-state index is 12.6. The Labute approximate surface area is 142 Å². The number of likely N-dealkylation sites (tertiary alicyclic amines) is 1. The van der Waals surface area contributed by atoms with Crippen molar-refractivity contribution in [1.29, 1.82) is 0 Å². The topological polar surface area (TPSA) is 49.8 Å². The van der Waals surface area contributed by atoms with E-state index < -0.39 is 0 Å². The first-order chi connectivity index (χ1) is 11.7. The molecule has 1 atom stereocenters. The molecule has 2 aromatic rings. The Balaban J connectivity index is 1.64. The molecule has 1 fully saturated rings. The number of aliphatic hydroxyl groups is 1. The SMILES string of the molecule is Cc1ccccc1[C@@H]1CCCN1C(=O)COc1ccc(CO)cc1. The molecule has 0 saturated carbocycles. The van der Waals surface area contributed by atoms with Gasteiger partial charge in [-0.05, 0) is 48.6 Å². The summed E-state index contributed by atoms with van der Waals surface area (Å²) in [5, 5.41) is 9.05. The molecule has 1 aliphatic rings. The maximum Gasteiger partial charge on any atom is 0.261 e. The van der Waals surface area contributed by atoms with Gasteiger partial charge in [0.15, 0.2) is 6.61 Å². The molecular weight excluding hydrogens is 302 g/mol. The van der Waals surface area contributed by atoms with E-state index in [4.69, 9.17) is 9.84 Å². The fraction of sp³-hybridized carbons (Fsp3) is 0.350. The molecule has 0 radical (unpaired) electrons. The van der Waals surface area contributed by atoms with E-state index in [1.807, 2.05) is 17.0 Å². The third-order valence-electron chi connectivity index (χ3n) is 4.59. The van der Waals surface area contributed by atoms with Crippen LogP contribution in [0.2, 0.25) is 0 Å². The molecule has 1 aliphatic heterocycles. The number of hydrogen-bond acceptors (Lipinski definition) is 3. The summed E-state index contributed by atoms with van der Waals surface area (Å²) in [6.45, 7) is 2.92. The minimum absolute atomic E-state index is 0.00505. The van der Waals surface area contributed by atoms with Gasteiger partial charge >= 0.3 is 0 Å². The first kappa shape index (κ1) is 16.5. The molecule has 1 N–H and O–H groups in total. The van der Waals surface area contributed by atoms with Crippen LogP contribution in [0.5, 0.6) is 5.75 Å². The number of amides is 1. The summed E-state index contributed by atoms with van der Waals surface area (Å²) >= 11 is 0. The number of aryl methyl sites for hydroxylation is 1. The average molecular weight is 325 g/mol. The molecule has 0 aliphatic carbocycles. The van der Waals surface area contributed by atoms with Gasteiger partial charge in [0.2, 0.25) is 0 Å². The largest absolute Gasteiger partial charge is 0.484 e. The monoisotopic (exact) mass is 325 g/mol. The van der Waals surface area contributed by atoms with Crippen LogP contribution in [0.15, 0.2) is 48.5 Å². The summed E-state index contributed by atoms with van der Waals surface area (Å²) in [6.07, 6.45) is 2.03. The molecule has 1 amide bonds. The number of hydrogen-bond donors (Lipinski definition) is 1. The van der Waals surface area contributed by atoms with E-state index in [-0.39, 0.29) is 25.2 Å². The van der Waals surface area contributed by atoms with Crippen LogP contribution in [-0.4, -0.2) is 29.1 Å². The van der Waals surface area contributed by atoms with Crippen molar-refractivity contribution >= 4 is 5.91 Å². The number of carbonyl (C=O) groups is 1. The average Bonchev–Trinajstić information content (AvgIpc) is 3.10. The lowest BCUT2D eigenvalue weighted by molar-refractivity contribution is -0.134. The maximum absolute atomic E-state index is 12.6. The van der Waals surface area contributed by atoms with Crippen molar-refractivity contribution < 1.29 is 14.6 Å². The normalized spacial score (nSPS) is 17.1. The van der Waals surface area contributed by atoms with E-state index >= 15 is 0 Å². The van der Waals surface area contributed by atoms with Gasteiger partial charge in [-0.25, -0.2) is 0 Å². The predicted octanol–water partition coefficient (Wildman–Crippen LogP) is 3.23. The van der Waals surface area contributed by atoms with Gasteiger partial charge in [0.1, 0.15) is 5.75 Å². The summed E-state index contributed by atoms with van der Waals surface area (Å²) in [4.78, 5) is 14.5. The Kier molecular flexibility index (Phi) is 5.16. The quantitative estimate of drug-likeness (QED) is 0.918. The fourth-order valence-electron chi connectivity index (χ4n) is 3.27. The zero-order valence-electron chi connectivity index (χ0n) is 13.9. The van der Waals surface area contributed by atoms with Crippen molar-refractivity contribution in [1.82, 2.24) is 4.90 Å². The summed E-state index contributed by atoms with van der Waals surface area (Å²) in [6, 6.07) is 15.6. The van der Waals surface area contributed by atoms with Crippen molar-refractivity contribution in [3.63, 3.8) is 0 Å². The number of aliphatic hydroxyl groups excluding tert-OH is 1. The second-order valence-corrected chi connectivity index (χ2v) is 6.19. The number of nitrogens with zero attached hydrogens (tertiary/aromatic N) is 1. The zero-order chi connectivity index (χ0) is 16.9. The highest BCUT2D eigenvalue weighted by molar-refractivity contribution is 5.78. The van der Waals surface area contributed by atoms with E-state index in [9.17, 15) is 4.79 Å². The molecule has 3 rings (SSSR count). The van der Waals surface area contributed by atoms with Gasteiger partial charge < -0.3 is 14.7 Å². The van der Waals surface area contributed by atoms with Crippen LogP contribution in [-0.2, 0) is 11.4 Å². The van der Waals surface area contributed by atoms with Crippen molar-refractivity contribution in [3.05, 3.63) is 65.2 Å². The molecule has 2 aromatic carbocycles. The second kappa shape index (κ2) is 7.49. The fourth-order valence-corrected chi connectivity index (χ4v) is 3.27. The first-order valence-corrected chi connectivity index (χ1v) is 8.36. The van der Waals surface area contributed by atoms with Crippen LogP contribution < -0.4 is 4.74 Å². The van der Waals surface area contributed by atoms with Gasteiger partial charge in [-0.1, -0.05) is 36.4 Å². The van der Waals surface area contributed by atoms with Crippen LogP contribution in [0.3, 0.4) is 0 Å². The number of benzene rings is 2. The predicted molar refractivity (Wildman–Crippen MR) is 92.7 cm³/mol. The van der Waals surface area contributed by atoms with Gasteiger partial charge in [-0.15, -0.1) is 0 Å². The molecule has 0 bridgehead atoms. The number of carbonyl (C=O) groups excluding carboxylic acids is 1. The molecule has 0 unspecified atom stereocenters.